The van der Waals surface area contributed by atoms with Crippen molar-refractivity contribution in [1.82, 2.24) is 4.98 Å². The van der Waals surface area contributed by atoms with Crippen LogP contribution in [0.4, 0.5) is 0 Å². The van der Waals surface area contributed by atoms with Gasteiger partial charge < -0.3 is 10.1 Å². The molecule has 0 bridgehead atoms. The van der Waals surface area contributed by atoms with Crippen LogP contribution in [0.5, 0.6) is 0 Å². The van der Waals surface area contributed by atoms with E-state index < -0.39 is 0 Å². The summed E-state index contributed by atoms with van der Waals surface area (Å²) in [6, 6.07) is 8.25. The molecule has 0 unspecified atom stereocenters. The van der Waals surface area contributed by atoms with E-state index in [1.807, 2.05) is 25.3 Å². The molecule has 14 heavy (non-hydrogen) atoms. The molecule has 0 aliphatic carbocycles. The molecule has 0 aliphatic heterocycles. The van der Waals surface area contributed by atoms with Crippen LogP contribution >= 0.6 is 0 Å². The van der Waals surface area contributed by atoms with Crippen LogP contribution in [0.1, 0.15) is 18.9 Å². The number of aromatic amines is 1. The van der Waals surface area contributed by atoms with Gasteiger partial charge in [0, 0.05) is 17.1 Å². The van der Waals surface area contributed by atoms with Gasteiger partial charge in [0.2, 0.25) is 0 Å². The van der Waals surface area contributed by atoms with E-state index in [-0.39, 0.29) is 6.10 Å². The summed E-state index contributed by atoms with van der Waals surface area (Å²) in [7, 11) is 0. The van der Waals surface area contributed by atoms with Crippen molar-refractivity contribution < 1.29 is 5.11 Å². The summed E-state index contributed by atoms with van der Waals surface area (Å²) in [4.78, 5) is 3.23. The van der Waals surface area contributed by atoms with Gasteiger partial charge in [-0.2, -0.15) is 0 Å². The molecule has 2 nitrogen and oxygen atoms in total. The number of aliphatic hydroxyl groups is 1. The molecule has 1 atom stereocenters. The number of hydrogen-bond acceptors (Lipinski definition) is 1. The van der Waals surface area contributed by atoms with E-state index in [4.69, 9.17) is 0 Å². The number of aryl methyl sites for hydroxylation is 1. The average Bonchev–Trinajstić information content (AvgIpc) is 2.58. The number of aromatic nitrogens is 1. The quantitative estimate of drug-likeness (QED) is 0.764. The zero-order chi connectivity index (χ0) is 9.97. The molecular formula is C12H15NO. The Morgan fingerprint density at radius 1 is 1.36 bits per heavy atom. The maximum absolute atomic E-state index is 9.21. The third-order valence-electron chi connectivity index (χ3n) is 2.51. The highest BCUT2D eigenvalue weighted by atomic mass is 16.3. The van der Waals surface area contributed by atoms with Gasteiger partial charge in [-0.25, -0.2) is 0 Å². The van der Waals surface area contributed by atoms with E-state index in [1.165, 1.54) is 16.5 Å². The molecule has 0 saturated carbocycles. The molecule has 0 saturated heterocycles. The van der Waals surface area contributed by atoms with E-state index in [0.29, 0.717) is 0 Å². The minimum absolute atomic E-state index is 0.219. The summed E-state index contributed by atoms with van der Waals surface area (Å²) in [6.45, 7) is 1.83. The molecule has 0 amide bonds. The Labute approximate surface area is 83.6 Å². The number of benzene rings is 1. The third-order valence-corrected chi connectivity index (χ3v) is 2.51. The Hall–Kier alpha value is -1.28. The number of H-pyrrole nitrogens is 1. The van der Waals surface area contributed by atoms with Gasteiger partial charge in [0.1, 0.15) is 0 Å². The van der Waals surface area contributed by atoms with Crippen LogP contribution < -0.4 is 0 Å². The highest BCUT2D eigenvalue weighted by molar-refractivity contribution is 5.82. The van der Waals surface area contributed by atoms with Crippen molar-refractivity contribution in [1.29, 1.82) is 0 Å². The van der Waals surface area contributed by atoms with Crippen LogP contribution in [0, 0.1) is 0 Å². The van der Waals surface area contributed by atoms with Crippen LogP contribution in [0.15, 0.2) is 30.5 Å². The fourth-order valence-corrected chi connectivity index (χ4v) is 1.70. The number of fused-ring (bicyclic) bond motifs is 1. The summed E-state index contributed by atoms with van der Waals surface area (Å²) in [5, 5.41) is 10.5. The van der Waals surface area contributed by atoms with Crippen molar-refractivity contribution in [2.75, 3.05) is 0 Å². The van der Waals surface area contributed by atoms with E-state index in [0.717, 1.165) is 12.8 Å². The molecule has 1 aromatic heterocycles. The monoisotopic (exact) mass is 189 g/mol. The lowest BCUT2D eigenvalue weighted by Crippen LogP contribution is -2.00. The van der Waals surface area contributed by atoms with Crippen LogP contribution in [0.25, 0.3) is 10.9 Å². The number of hydrogen-bond donors (Lipinski definition) is 2. The van der Waals surface area contributed by atoms with Crippen LogP contribution in [-0.4, -0.2) is 16.2 Å². The third kappa shape index (κ3) is 1.80. The fourth-order valence-electron chi connectivity index (χ4n) is 1.70. The molecule has 0 spiro atoms. The van der Waals surface area contributed by atoms with Crippen molar-refractivity contribution in [2.45, 2.75) is 25.9 Å². The Morgan fingerprint density at radius 2 is 2.14 bits per heavy atom. The van der Waals surface area contributed by atoms with E-state index >= 15 is 0 Å². The molecule has 74 valence electrons. The first-order chi connectivity index (χ1) is 6.77. The van der Waals surface area contributed by atoms with Gasteiger partial charge in [-0.3, -0.25) is 0 Å². The highest BCUT2D eigenvalue weighted by Crippen LogP contribution is 2.19. The normalized spacial score (nSPS) is 13.3. The molecule has 0 aliphatic rings. The molecule has 0 radical (unpaired) electrons. The summed E-state index contributed by atoms with van der Waals surface area (Å²) < 4.78 is 0. The highest BCUT2D eigenvalue weighted by Gasteiger charge is 2.03. The number of nitrogens with one attached hydrogen (secondary N) is 1. The van der Waals surface area contributed by atoms with E-state index in [2.05, 4.69) is 17.1 Å². The van der Waals surface area contributed by atoms with Gasteiger partial charge in [0.25, 0.3) is 0 Å². The SMILES string of the molecule is C[C@H](O)CCc1c[nH]c2ccccc12. The molecular weight excluding hydrogens is 174 g/mol. The lowest BCUT2D eigenvalue weighted by atomic mass is 10.1. The van der Waals surface area contributed by atoms with Gasteiger partial charge in [-0.1, -0.05) is 18.2 Å². The molecule has 0 fully saturated rings. The standard InChI is InChI=1S/C12H15NO/c1-9(14)6-7-10-8-13-12-5-3-2-4-11(10)12/h2-5,8-9,13-14H,6-7H2,1H3/t9-/m0/s1. The topological polar surface area (TPSA) is 36.0 Å². The second-order valence-corrected chi connectivity index (χ2v) is 3.75. The van der Waals surface area contributed by atoms with Crippen molar-refractivity contribution in [3.63, 3.8) is 0 Å². The number of para-hydroxylation sites is 1. The summed E-state index contributed by atoms with van der Waals surface area (Å²) in [5.41, 5.74) is 2.47. The van der Waals surface area contributed by atoms with Gasteiger partial charge >= 0.3 is 0 Å². The Kier molecular flexibility index (Phi) is 2.55. The van der Waals surface area contributed by atoms with Crippen LogP contribution in [-0.2, 0) is 6.42 Å². The lowest BCUT2D eigenvalue weighted by Gasteiger charge is -2.02. The Morgan fingerprint density at radius 3 is 2.93 bits per heavy atom. The lowest BCUT2D eigenvalue weighted by molar-refractivity contribution is 0.185. The second kappa shape index (κ2) is 3.84. The Balaban J connectivity index is 2.25. The van der Waals surface area contributed by atoms with Crippen LogP contribution in [0.3, 0.4) is 0 Å². The van der Waals surface area contributed by atoms with Gasteiger partial charge in [0.15, 0.2) is 0 Å². The number of rotatable bonds is 3. The Bertz CT molecular complexity index is 417. The maximum Gasteiger partial charge on any atom is 0.0515 e. The first kappa shape index (κ1) is 9.28. The smallest absolute Gasteiger partial charge is 0.0515 e. The van der Waals surface area contributed by atoms with E-state index in [1.54, 1.807) is 0 Å². The molecule has 2 N–H and O–H groups in total. The summed E-state index contributed by atoms with van der Waals surface area (Å²) >= 11 is 0. The van der Waals surface area contributed by atoms with Crippen molar-refractivity contribution in [3.05, 3.63) is 36.0 Å². The van der Waals surface area contributed by atoms with Crippen molar-refractivity contribution in [3.8, 4) is 0 Å². The van der Waals surface area contributed by atoms with Crippen molar-refractivity contribution >= 4 is 10.9 Å². The van der Waals surface area contributed by atoms with Gasteiger partial charge in [-0.05, 0) is 31.4 Å². The predicted molar refractivity (Wildman–Crippen MR) is 58.3 cm³/mol. The predicted octanol–water partition coefficient (Wildman–Crippen LogP) is 2.48. The molecule has 1 heterocycles. The first-order valence-corrected chi connectivity index (χ1v) is 5.00. The van der Waals surface area contributed by atoms with Crippen molar-refractivity contribution in [2.24, 2.45) is 0 Å². The molecule has 2 heteroatoms. The summed E-state index contributed by atoms with van der Waals surface area (Å²) in [6.07, 6.45) is 3.57. The molecule has 2 rings (SSSR count). The molecule has 1 aromatic carbocycles. The maximum atomic E-state index is 9.21. The van der Waals surface area contributed by atoms with E-state index in [9.17, 15) is 5.11 Å². The zero-order valence-corrected chi connectivity index (χ0v) is 8.33. The zero-order valence-electron chi connectivity index (χ0n) is 8.33. The minimum atomic E-state index is -0.219. The average molecular weight is 189 g/mol. The van der Waals surface area contributed by atoms with Gasteiger partial charge in [0.05, 0.1) is 6.10 Å². The second-order valence-electron chi connectivity index (χ2n) is 3.75. The largest absolute Gasteiger partial charge is 0.393 e. The van der Waals surface area contributed by atoms with Gasteiger partial charge in [-0.15, -0.1) is 0 Å². The summed E-state index contributed by atoms with van der Waals surface area (Å²) in [5.74, 6) is 0. The fraction of sp³-hybridized carbons (Fsp3) is 0.333. The minimum Gasteiger partial charge on any atom is -0.393 e. The van der Waals surface area contributed by atoms with Crippen LogP contribution in [0.2, 0.25) is 0 Å². The molecule has 2 aromatic rings. The first-order valence-electron chi connectivity index (χ1n) is 5.00. The number of aliphatic hydroxyl groups excluding tert-OH is 1.